The molecular weight excluding hydrogens is 368 g/mol. The number of carbonyl (C=O) groups is 2. The van der Waals surface area contributed by atoms with Crippen molar-refractivity contribution in [2.75, 3.05) is 27.2 Å². The molecule has 1 amide bonds. The van der Waals surface area contributed by atoms with Crippen molar-refractivity contribution in [1.29, 1.82) is 0 Å². The number of carboxylic acids is 1. The van der Waals surface area contributed by atoms with Crippen LogP contribution in [-0.2, 0) is 9.59 Å². The Balaban J connectivity index is 1.95. The molecule has 6 nitrogen and oxygen atoms in total. The Labute approximate surface area is 175 Å². The maximum atomic E-state index is 12.0. The normalized spacial score (nSPS) is 12.0. The maximum absolute atomic E-state index is 12.0. The summed E-state index contributed by atoms with van der Waals surface area (Å²) >= 11 is 0. The first kappa shape index (κ1) is 25.0. The Kier molecular flexibility index (Phi) is 13.6. The summed E-state index contributed by atoms with van der Waals surface area (Å²) in [6, 6.07) is 9.58. The number of nitrogens with one attached hydrogen (secondary N) is 1. The summed E-state index contributed by atoms with van der Waals surface area (Å²) in [6.07, 6.45) is 9.39. The van der Waals surface area contributed by atoms with Gasteiger partial charge in [-0.3, -0.25) is 9.59 Å². The second-order valence-electron chi connectivity index (χ2n) is 7.86. The highest BCUT2D eigenvalue weighted by Crippen LogP contribution is 2.12. The van der Waals surface area contributed by atoms with Gasteiger partial charge in [-0.2, -0.15) is 0 Å². The number of carbonyl (C=O) groups excluding carboxylic acids is 1. The smallest absolute Gasteiger partial charge is 0.305 e. The highest BCUT2D eigenvalue weighted by molar-refractivity contribution is 5.77. The molecule has 0 radical (unpaired) electrons. The number of benzene rings is 1. The van der Waals surface area contributed by atoms with Crippen LogP contribution < -0.4 is 10.1 Å². The van der Waals surface area contributed by atoms with E-state index in [9.17, 15) is 9.59 Å². The summed E-state index contributed by atoms with van der Waals surface area (Å²) < 4.78 is 5.68. The maximum Gasteiger partial charge on any atom is 0.305 e. The van der Waals surface area contributed by atoms with E-state index in [4.69, 9.17) is 9.84 Å². The molecule has 1 atom stereocenters. The lowest BCUT2D eigenvalue weighted by Crippen LogP contribution is -2.42. The Bertz CT molecular complexity index is 563. The van der Waals surface area contributed by atoms with Gasteiger partial charge in [0, 0.05) is 13.0 Å². The van der Waals surface area contributed by atoms with Gasteiger partial charge >= 0.3 is 5.97 Å². The third-order valence-electron chi connectivity index (χ3n) is 4.68. The lowest BCUT2D eigenvalue weighted by Gasteiger charge is -2.20. The number of aliphatic carboxylic acids is 1. The number of ether oxygens (including phenoxy) is 1. The number of hydrogen-bond donors (Lipinski definition) is 2. The van der Waals surface area contributed by atoms with Crippen LogP contribution >= 0.6 is 0 Å². The molecule has 0 saturated carbocycles. The Hall–Kier alpha value is -2.08. The number of unbranched alkanes of at least 4 members (excludes halogenated alkanes) is 7. The number of nitrogens with zero attached hydrogens (tertiary/aromatic N) is 1. The minimum absolute atomic E-state index is 0.0414. The van der Waals surface area contributed by atoms with Crippen LogP contribution in [0.25, 0.3) is 0 Å². The number of amides is 1. The van der Waals surface area contributed by atoms with E-state index < -0.39 is 5.97 Å². The standard InChI is InChI=1S/C23H38N2O4/c1-25(2)19-20(18-23(27)28)24-22(26)16-12-7-5-3-4-6-8-13-17-29-21-14-10-9-11-15-21/h9-11,14-15,20H,3-8,12-13,16-19H2,1-2H3,(H,24,26)(H,27,28)/t20-/m1/s1. The van der Waals surface area contributed by atoms with E-state index in [1.807, 2.05) is 49.3 Å². The quantitative estimate of drug-likeness (QED) is 0.381. The molecule has 0 fully saturated rings. The minimum atomic E-state index is -0.885. The van der Waals surface area contributed by atoms with Crippen molar-refractivity contribution in [3.8, 4) is 5.75 Å². The predicted molar refractivity (Wildman–Crippen MR) is 116 cm³/mol. The van der Waals surface area contributed by atoms with Gasteiger partial charge in [0.1, 0.15) is 5.75 Å². The van der Waals surface area contributed by atoms with Crippen LogP contribution in [0.2, 0.25) is 0 Å². The van der Waals surface area contributed by atoms with Crippen molar-refractivity contribution in [3.05, 3.63) is 30.3 Å². The number of carboxylic acid groups (broad SMARTS) is 1. The minimum Gasteiger partial charge on any atom is -0.494 e. The first-order valence-corrected chi connectivity index (χ1v) is 10.8. The zero-order valence-electron chi connectivity index (χ0n) is 18.1. The molecular formula is C23H38N2O4. The lowest BCUT2D eigenvalue weighted by molar-refractivity contribution is -0.137. The van der Waals surface area contributed by atoms with Crippen LogP contribution in [0, 0.1) is 0 Å². The molecule has 0 heterocycles. The topological polar surface area (TPSA) is 78.9 Å². The molecule has 1 aromatic rings. The summed E-state index contributed by atoms with van der Waals surface area (Å²) in [5, 5.41) is 11.8. The molecule has 164 valence electrons. The van der Waals surface area contributed by atoms with E-state index >= 15 is 0 Å². The molecule has 0 aliphatic heterocycles. The molecule has 0 spiro atoms. The van der Waals surface area contributed by atoms with E-state index in [-0.39, 0.29) is 18.4 Å². The van der Waals surface area contributed by atoms with Crippen molar-refractivity contribution in [1.82, 2.24) is 10.2 Å². The first-order valence-electron chi connectivity index (χ1n) is 10.8. The van der Waals surface area contributed by atoms with E-state index in [0.717, 1.165) is 38.0 Å². The van der Waals surface area contributed by atoms with E-state index in [1.54, 1.807) is 0 Å². The third-order valence-corrected chi connectivity index (χ3v) is 4.68. The van der Waals surface area contributed by atoms with Crippen LogP contribution in [-0.4, -0.2) is 55.2 Å². The monoisotopic (exact) mass is 406 g/mol. The molecule has 0 aliphatic rings. The van der Waals surface area contributed by atoms with Crippen molar-refractivity contribution < 1.29 is 19.4 Å². The highest BCUT2D eigenvalue weighted by Gasteiger charge is 2.16. The second-order valence-corrected chi connectivity index (χ2v) is 7.86. The fraction of sp³-hybridized carbons (Fsp3) is 0.652. The van der Waals surface area contributed by atoms with Crippen LogP contribution in [0.3, 0.4) is 0 Å². The van der Waals surface area contributed by atoms with Crippen LogP contribution in [0.1, 0.15) is 64.2 Å². The average molecular weight is 407 g/mol. The van der Waals surface area contributed by atoms with Crippen molar-refractivity contribution in [2.45, 2.75) is 70.3 Å². The van der Waals surface area contributed by atoms with Gasteiger partial charge in [-0.1, -0.05) is 56.7 Å². The Morgan fingerprint density at radius 1 is 0.966 bits per heavy atom. The van der Waals surface area contributed by atoms with Gasteiger partial charge < -0.3 is 20.1 Å². The highest BCUT2D eigenvalue weighted by atomic mass is 16.5. The lowest BCUT2D eigenvalue weighted by atomic mass is 10.1. The molecule has 0 aromatic heterocycles. The number of rotatable bonds is 17. The number of likely N-dealkylation sites (N-methyl/N-ethyl adjacent to an activating group) is 1. The van der Waals surface area contributed by atoms with Crippen LogP contribution in [0.15, 0.2) is 30.3 Å². The predicted octanol–water partition coefficient (Wildman–Crippen LogP) is 4.10. The number of para-hydroxylation sites is 1. The summed E-state index contributed by atoms with van der Waals surface area (Å²) in [7, 11) is 3.74. The summed E-state index contributed by atoms with van der Waals surface area (Å²) in [6.45, 7) is 1.31. The van der Waals surface area contributed by atoms with E-state index in [1.165, 1.54) is 25.7 Å². The fourth-order valence-electron chi connectivity index (χ4n) is 3.27. The van der Waals surface area contributed by atoms with Gasteiger partial charge in [0.2, 0.25) is 5.91 Å². The number of hydrogen-bond acceptors (Lipinski definition) is 4. The molecule has 0 aliphatic carbocycles. The zero-order chi connectivity index (χ0) is 21.3. The first-order chi connectivity index (χ1) is 14.0. The Morgan fingerprint density at radius 2 is 1.55 bits per heavy atom. The van der Waals surface area contributed by atoms with Crippen LogP contribution in [0.5, 0.6) is 5.75 Å². The molecule has 29 heavy (non-hydrogen) atoms. The molecule has 2 N–H and O–H groups in total. The van der Waals surface area contributed by atoms with Gasteiger partial charge in [0.05, 0.1) is 19.1 Å². The summed E-state index contributed by atoms with van der Waals surface area (Å²) in [4.78, 5) is 24.8. The zero-order valence-corrected chi connectivity index (χ0v) is 18.1. The van der Waals surface area contributed by atoms with Gasteiger partial charge in [-0.15, -0.1) is 0 Å². The molecule has 6 heteroatoms. The third kappa shape index (κ3) is 14.6. The van der Waals surface area contributed by atoms with Gasteiger partial charge in [-0.05, 0) is 39.1 Å². The van der Waals surface area contributed by atoms with E-state index in [2.05, 4.69) is 5.32 Å². The molecule has 0 unspecified atom stereocenters. The molecule has 1 rings (SSSR count). The SMILES string of the molecule is CN(C)C[C@@H](CC(=O)O)NC(=O)CCCCCCCCCCOc1ccccc1. The van der Waals surface area contributed by atoms with E-state index in [0.29, 0.717) is 13.0 Å². The van der Waals surface area contributed by atoms with Crippen molar-refractivity contribution in [2.24, 2.45) is 0 Å². The molecule has 1 aromatic carbocycles. The molecule has 0 bridgehead atoms. The molecule has 0 saturated heterocycles. The van der Waals surface area contributed by atoms with Gasteiger partial charge in [0.15, 0.2) is 0 Å². The van der Waals surface area contributed by atoms with Gasteiger partial charge in [0.25, 0.3) is 0 Å². The van der Waals surface area contributed by atoms with Crippen molar-refractivity contribution >= 4 is 11.9 Å². The van der Waals surface area contributed by atoms with Crippen molar-refractivity contribution in [3.63, 3.8) is 0 Å². The Morgan fingerprint density at radius 3 is 2.14 bits per heavy atom. The van der Waals surface area contributed by atoms with Gasteiger partial charge in [-0.25, -0.2) is 0 Å². The summed E-state index contributed by atoms with van der Waals surface area (Å²) in [5.74, 6) is 0.00725. The fourth-order valence-corrected chi connectivity index (χ4v) is 3.27. The second kappa shape index (κ2) is 15.8. The summed E-state index contributed by atoms with van der Waals surface area (Å²) in [5.41, 5.74) is 0. The average Bonchev–Trinajstić information content (AvgIpc) is 2.65. The largest absolute Gasteiger partial charge is 0.494 e. The van der Waals surface area contributed by atoms with Crippen LogP contribution in [0.4, 0.5) is 0 Å².